The van der Waals surface area contributed by atoms with E-state index in [4.69, 9.17) is 14.7 Å². The van der Waals surface area contributed by atoms with Gasteiger partial charge in [-0.05, 0) is 43.3 Å². The van der Waals surface area contributed by atoms with Gasteiger partial charge in [0.15, 0.2) is 11.0 Å². The molecule has 0 bridgehead atoms. The van der Waals surface area contributed by atoms with Gasteiger partial charge in [0.2, 0.25) is 5.91 Å². The number of rotatable bonds is 7. The number of hydrogen-bond donors (Lipinski definition) is 1. The molecule has 8 heteroatoms. The molecule has 5 aromatic rings. The van der Waals surface area contributed by atoms with E-state index in [-0.39, 0.29) is 11.7 Å². The number of carbonyl (C=O) groups is 1. The van der Waals surface area contributed by atoms with Crippen LogP contribution in [0.3, 0.4) is 0 Å². The van der Waals surface area contributed by atoms with E-state index in [1.54, 1.807) is 7.11 Å². The molecule has 35 heavy (non-hydrogen) atoms. The lowest BCUT2D eigenvalue weighted by Gasteiger charge is -2.09. The number of nitrogens with one attached hydrogen (secondary N) is 1. The van der Waals surface area contributed by atoms with Crippen molar-refractivity contribution in [2.75, 3.05) is 18.2 Å². The Morgan fingerprint density at radius 3 is 2.54 bits per heavy atom. The number of aryl methyl sites for hydroxylation is 1. The van der Waals surface area contributed by atoms with Crippen LogP contribution < -0.4 is 10.1 Å². The standard InChI is InChI=1S/C27H22N4O2S2/c1-17-8-13-22-21(14-17)26(31-25(28-22)19-6-4-3-5-7-19)34-16-24(32)30-27-29-23(15-35-27)18-9-11-20(33-2)12-10-18/h3-15H,16H2,1-2H3,(H,29,30,32). The van der Waals surface area contributed by atoms with Crippen LogP contribution in [0, 0.1) is 6.92 Å². The zero-order valence-electron chi connectivity index (χ0n) is 19.2. The minimum Gasteiger partial charge on any atom is -0.497 e. The first kappa shape index (κ1) is 23.0. The Morgan fingerprint density at radius 2 is 1.77 bits per heavy atom. The quantitative estimate of drug-likeness (QED) is 0.205. The molecule has 6 nitrogen and oxygen atoms in total. The van der Waals surface area contributed by atoms with Crippen LogP contribution in [0.1, 0.15) is 5.56 Å². The lowest BCUT2D eigenvalue weighted by Crippen LogP contribution is -2.14. The number of ether oxygens (including phenoxy) is 1. The summed E-state index contributed by atoms with van der Waals surface area (Å²) in [7, 11) is 1.64. The highest BCUT2D eigenvalue weighted by Gasteiger charge is 2.14. The number of thioether (sulfide) groups is 1. The number of anilines is 1. The Morgan fingerprint density at radius 1 is 0.971 bits per heavy atom. The number of benzene rings is 3. The Labute approximate surface area is 211 Å². The lowest BCUT2D eigenvalue weighted by molar-refractivity contribution is -0.113. The third-order valence-corrected chi connectivity index (χ3v) is 7.07. The highest BCUT2D eigenvalue weighted by atomic mass is 32.2. The number of aromatic nitrogens is 3. The lowest BCUT2D eigenvalue weighted by atomic mass is 10.1. The van der Waals surface area contributed by atoms with Crippen LogP contribution in [0.25, 0.3) is 33.5 Å². The van der Waals surface area contributed by atoms with Crippen molar-refractivity contribution in [2.45, 2.75) is 11.9 Å². The highest BCUT2D eigenvalue weighted by Crippen LogP contribution is 2.30. The summed E-state index contributed by atoms with van der Waals surface area (Å²) in [5, 5.41) is 7.13. The molecule has 1 amide bonds. The minimum atomic E-state index is -0.133. The molecule has 1 N–H and O–H groups in total. The van der Waals surface area contributed by atoms with Crippen molar-refractivity contribution in [3.63, 3.8) is 0 Å². The van der Waals surface area contributed by atoms with E-state index in [1.807, 2.05) is 79.0 Å². The van der Waals surface area contributed by atoms with Crippen LogP contribution >= 0.6 is 23.1 Å². The number of amides is 1. The Balaban J connectivity index is 1.32. The maximum absolute atomic E-state index is 12.7. The summed E-state index contributed by atoms with van der Waals surface area (Å²) >= 11 is 2.80. The summed E-state index contributed by atoms with van der Waals surface area (Å²) in [5.74, 6) is 1.52. The minimum absolute atomic E-state index is 0.133. The molecule has 5 rings (SSSR count). The van der Waals surface area contributed by atoms with Gasteiger partial charge < -0.3 is 10.1 Å². The number of methoxy groups -OCH3 is 1. The SMILES string of the molecule is COc1ccc(-c2csc(NC(=O)CSc3nc(-c4ccccc4)nc4ccc(C)cc34)n2)cc1. The predicted molar refractivity (Wildman–Crippen MR) is 143 cm³/mol. The molecule has 0 aliphatic rings. The maximum Gasteiger partial charge on any atom is 0.236 e. The van der Waals surface area contributed by atoms with Crippen molar-refractivity contribution in [2.24, 2.45) is 0 Å². The smallest absolute Gasteiger partial charge is 0.236 e. The number of nitrogens with zero attached hydrogens (tertiary/aromatic N) is 3. The van der Waals surface area contributed by atoms with Crippen molar-refractivity contribution < 1.29 is 9.53 Å². The molecule has 0 saturated carbocycles. The van der Waals surface area contributed by atoms with E-state index in [0.717, 1.165) is 44.1 Å². The Kier molecular flexibility index (Phi) is 6.74. The Hall–Kier alpha value is -3.75. The van der Waals surface area contributed by atoms with Gasteiger partial charge in [-0.2, -0.15) is 0 Å². The predicted octanol–water partition coefficient (Wildman–Crippen LogP) is 6.47. The van der Waals surface area contributed by atoms with Crippen molar-refractivity contribution in [1.82, 2.24) is 15.0 Å². The molecular weight excluding hydrogens is 476 g/mol. The fourth-order valence-corrected chi connectivity index (χ4v) is 5.10. The van der Waals surface area contributed by atoms with Gasteiger partial charge in [-0.25, -0.2) is 15.0 Å². The van der Waals surface area contributed by atoms with E-state index in [0.29, 0.717) is 11.0 Å². The monoisotopic (exact) mass is 498 g/mol. The van der Waals surface area contributed by atoms with Crippen LogP contribution in [0.5, 0.6) is 5.75 Å². The molecule has 0 saturated heterocycles. The van der Waals surface area contributed by atoms with Gasteiger partial charge in [0.25, 0.3) is 0 Å². The number of thiazole rings is 1. The first-order valence-corrected chi connectivity index (χ1v) is 12.8. The van der Waals surface area contributed by atoms with E-state index >= 15 is 0 Å². The molecule has 0 radical (unpaired) electrons. The van der Waals surface area contributed by atoms with Crippen LogP contribution in [0.4, 0.5) is 5.13 Å². The fourth-order valence-electron chi connectivity index (χ4n) is 3.56. The molecule has 2 aromatic heterocycles. The van der Waals surface area contributed by atoms with Gasteiger partial charge in [0.1, 0.15) is 10.8 Å². The van der Waals surface area contributed by atoms with Gasteiger partial charge in [-0.3, -0.25) is 4.79 Å². The average Bonchev–Trinajstić information content (AvgIpc) is 3.36. The van der Waals surface area contributed by atoms with Gasteiger partial charge in [0, 0.05) is 21.9 Å². The summed E-state index contributed by atoms with van der Waals surface area (Å²) in [6.07, 6.45) is 0. The summed E-state index contributed by atoms with van der Waals surface area (Å²) in [5.41, 5.74) is 4.69. The number of hydrogen-bond acceptors (Lipinski definition) is 7. The van der Waals surface area contributed by atoms with Gasteiger partial charge in [-0.15, -0.1) is 11.3 Å². The Bertz CT molecular complexity index is 1480. The van der Waals surface area contributed by atoms with E-state index < -0.39 is 0 Å². The second-order valence-corrected chi connectivity index (χ2v) is 9.66. The topological polar surface area (TPSA) is 77.0 Å². The maximum atomic E-state index is 12.7. The van der Waals surface area contributed by atoms with Crippen molar-refractivity contribution in [3.05, 3.63) is 83.7 Å². The summed E-state index contributed by atoms with van der Waals surface area (Å²) < 4.78 is 5.21. The van der Waals surface area contributed by atoms with E-state index in [9.17, 15) is 4.79 Å². The normalized spacial score (nSPS) is 10.9. The molecule has 0 spiro atoms. The van der Waals surface area contributed by atoms with Crippen LogP contribution in [-0.4, -0.2) is 33.7 Å². The van der Waals surface area contributed by atoms with Gasteiger partial charge in [-0.1, -0.05) is 53.7 Å². The van der Waals surface area contributed by atoms with Crippen molar-refractivity contribution in [3.8, 4) is 28.4 Å². The first-order valence-electron chi connectivity index (χ1n) is 11.0. The number of fused-ring (bicyclic) bond motifs is 1. The van der Waals surface area contributed by atoms with E-state index in [1.165, 1.54) is 23.1 Å². The van der Waals surface area contributed by atoms with Crippen LogP contribution in [0.2, 0.25) is 0 Å². The molecule has 0 aliphatic carbocycles. The molecular formula is C27H22N4O2S2. The van der Waals surface area contributed by atoms with Crippen molar-refractivity contribution in [1.29, 1.82) is 0 Å². The molecule has 0 atom stereocenters. The molecule has 2 heterocycles. The molecule has 174 valence electrons. The summed E-state index contributed by atoms with van der Waals surface area (Å²) in [4.78, 5) is 26.8. The second-order valence-electron chi connectivity index (χ2n) is 7.84. The molecule has 3 aromatic carbocycles. The van der Waals surface area contributed by atoms with Crippen molar-refractivity contribution >= 4 is 45.0 Å². The number of carbonyl (C=O) groups excluding carboxylic acids is 1. The fraction of sp³-hybridized carbons (Fsp3) is 0.111. The summed E-state index contributed by atoms with van der Waals surface area (Å²) in [6, 6.07) is 23.6. The molecule has 0 unspecified atom stereocenters. The third kappa shape index (κ3) is 5.34. The first-order chi connectivity index (χ1) is 17.1. The van der Waals surface area contributed by atoms with Crippen LogP contribution in [0.15, 0.2) is 83.2 Å². The third-order valence-electron chi connectivity index (χ3n) is 5.32. The molecule has 0 aliphatic heterocycles. The highest BCUT2D eigenvalue weighted by molar-refractivity contribution is 8.00. The van der Waals surface area contributed by atoms with Gasteiger partial charge >= 0.3 is 0 Å². The van der Waals surface area contributed by atoms with Gasteiger partial charge in [0.05, 0.1) is 24.1 Å². The average molecular weight is 499 g/mol. The summed E-state index contributed by atoms with van der Waals surface area (Å²) in [6.45, 7) is 2.04. The van der Waals surface area contributed by atoms with E-state index in [2.05, 4.69) is 16.4 Å². The van der Waals surface area contributed by atoms with Crippen LogP contribution in [-0.2, 0) is 4.79 Å². The molecule has 0 fully saturated rings. The zero-order chi connectivity index (χ0) is 24.2. The second kappa shape index (κ2) is 10.2. The largest absolute Gasteiger partial charge is 0.497 e. The zero-order valence-corrected chi connectivity index (χ0v) is 20.8.